The monoisotopic (exact) mass is 301 g/mol. The molecule has 0 aliphatic rings. The largest absolute Gasteiger partial charge is 0.478 e. The highest BCUT2D eigenvalue weighted by Gasteiger charge is 2.31. The van der Waals surface area contributed by atoms with Crippen LogP contribution in [0.3, 0.4) is 0 Å². The number of aromatic carboxylic acids is 1. The number of hydrogen-bond acceptors (Lipinski definition) is 3. The van der Waals surface area contributed by atoms with Crippen molar-refractivity contribution in [2.75, 3.05) is 5.32 Å². The predicted octanol–water partition coefficient (Wildman–Crippen LogP) is 4.08. The summed E-state index contributed by atoms with van der Waals surface area (Å²) >= 11 is 1.49. The van der Waals surface area contributed by atoms with E-state index in [4.69, 9.17) is 5.11 Å². The molecule has 106 valence electrons. The second kappa shape index (κ2) is 5.54. The summed E-state index contributed by atoms with van der Waals surface area (Å²) in [5.41, 5.74) is -0.269. The zero-order valence-corrected chi connectivity index (χ0v) is 10.9. The maximum atomic E-state index is 12.6. The molecule has 1 heterocycles. The Labute approximate surface area is 116 Å². The molecule has 0 bridgehead atoms. The molecule has 0 radical (unpaired) electrons. The molecule has 0 aliphatic heterocycles. The summed E-state index contributed by atoms with van der Waals surface area (Å²) in [5.74, 6) is -1.40. The SMILES string of the molecule is O=C(O)c1cc(C(F)(F)F)ccc1NCc1ccsc1. The van der Waals surface area contributed by atoms with E-state index in [0.717, 1.165) is 17.7 Å². The summed E-state index contributed by atoms with van der Waals surface area (Å²) < 4.78 is 37.7. The van der Waals surface area contributed by atoms with Crippen molar-refractivity contribution in [2.24, 2.45) is 0 Å². The Balaban J connectivity index is 2.26. The standard InChI is InChI=1S/C13H10F3NO2S/c14-13(15,16)9-1-2-11(10(5-9)12(18)19)17-6-8-3-4-20-7-8/h1-5,7,17H,6H2,(H,18,19). The fourth-order valence-electron chi connectivity index (χ4n) is 1.64. The highest BCUT2D eigenvalue weighted by molar-refractivity contribution is 7.07. The summed E-state index contributed by atoms with van der Waals surface area (Å²) in [6, 6.07) is 4.49. The van der Waals surface area contributed by atoms with E-state index in [1.165, 1.54) is 11.3 Å². The van der Waals surface area contributed by atoms with Gasteiger partial charge in [0, 0.05) is 12.2 Å². The fourth-order valence-corrected chi connectivity index (χ4v) is 2.31. The third-order valence-electron chi connectivity index (χ3n) is 2.64. The maximum absolute atomic E-state index is 12.6. The number of halogens is 3. The van der Waals surface area contributed by atoms with E-state index in [9.17, 15) is 18.0 Å². The quantitative estimate of drug-likeness (QED) is 0.894. The van der Waals surface area contributed by atoms with Crippen LogP contribution in [0.25, 0.3) is 0 Å². The van der Waals surface area contributed by atoms with Gasteiger partial charge in [-0.1, -0.05) is 0 Å². The van der Waals surface area contributed by atoms with Gasteiger partial charge in [-0.2, -0.15) is 24.5 Å². The van der Waals surface area contributed by atoms with Crippen molar-refractivity contribution in [1.29, 1.82) is 0 Å². The average molecular weight is 301 g/mol. The minimum atomic E-state index is -4.56. The third-order valence-corrected chi connectivity index (χ3v) is 3.37. The maximum Gasteiger partial charge on any atom is 0.416 e. The van der Waals surface area contributed by atoms with Gasteiger partial charge in [-0.05, 0) is 40.6 Å². The number of hydrogen-bond donors (Lipinski definition) is 2. The topological polar surface area (TPSA) is 49.3 Å². The van der Waals surface area contributed by atoms with Crippen molar-refractivity contribution in [3.63, 3.8) is 0 Å². The van der Waals surface area contributed by atoms with Gasteiger partial charge in [-0.25, -0.2) is 4.79 Å². The van der Waals surface area contributed by atoms with Crippen molar-refractivity contribution < 1.29 is 23.1 Å². The van der Waals surface area contributed by atoms with Crippen LogP contribution >= 0.6 is 11.3 Å². The molecule has 20 heavy (non-hydrogen) atoms. The molecule has 0 saturated carbocycles. The molecule has 1 aromatic heterocycles. The van der Waals surface area contributed by atoms with Gasteiger partial charge in [0.2, 0.25) is 0 Å². The van der Waals surface area contributed by atoms with Crippen molar-refractivity contribution >= 4 is 23.0 Å². The first kappa shape index (κ1) is 14.4. The minimum Gasteiger partial charge on any atom is -0.478 e. The van der Waals surface area contributed by atoms with E-state index in [2.05, 4.69) is 5.32 Å². The summed E-state index contributed by atoms with van der Waals surface area (Å²) in [6.07, 6.45) is -4.56. The number of thiophene rings is 1. The smallest absolute Gasteiger partial charge is 0.416 e. The third kappa shape index (κ3) is 3.30. The summed E-state index contributed by atoms with van der Waals surface area (Å²) in [5, 5.41) is 15.6. The molecule has 0 unspecified atom stereocenters. The average Bonchev–Trinajstić information content (AvgIpc) is 2.88. The number of benzene rings is 1. The van der Waals surface area contributed by atoms with Crippen molar-refractivity contribution in [1.82, 2.24) is 0 Å². The first-order valence-electron chi connectivity index (χ1n) is 5.57. The zero-order chi connectivity index (χ0) is 14.8. The Bertz CT molecular complexity index is 609. The summed E-state index contributed by atoms with van der Waals surface area (Å²) in [4.78, 5) is 11.1. The molecule has 0 spiro atoms. The van der Waals surface area contributed by atoms with E-state index in [0.29, 0.717) is 12.6 Å². The van der Waals surface area contributed by atoms with Gasteiger partial charge >= 0.3 is 12.1 Å². The normalized spacial score (nSPS) is 11.3. The van der Waals surface area contributed by atoms with Crippen molar-refractivity contribution in [3.05, 3.63) is 51.7 Å². The van der Waals surface area contributed by atoms with Crippen LogP contribution < -0.4 is 5.32 Å². The Kier molecular flexibility index (Phi) is 3.99. The Morgan fingerprint density at radius 1 is 1.30 bits per heavy atom. The van der Waals surface area contributed by atoms with E-state index >= 15 is 0 Å². The molecule has 2 N–H and O–H groups in total. The molecule has 7 heteroatoms. The molecular formula is C13H10F3NO2S. The first-order valence-corrected chi connectivity index (χ1v) is 6.51. The van der Waals surface area contributed by atoms with Crippen LogP contribution in [0.1, 0.15) is 21.5 Å². The van der Waals surface area contributed by atoms with E-state index in [1.807, 2.05) is 16.8 Å². The highest BCUT2D eigenvalue weighted by atomic mass is 32.1. The molecular weight excluding hydrogens is 291 g/mol. The number of carboxylic acids is 1. The lowest BCUT2D eigenvalue weighted by Gasteiger charge is -2.12. The molecule has 3 nitrogen and oxygen atoms in total. The number of anilines is 1. The van der Waals surface area contributed by atoms with Crippen molar-refractivity contribution in [2.45, 2.75) is 12.7 Å². The van der Waals surface area contributed by atoms with Crippen LogP contribution in [0.15, 0.2) is 35.0 Å². The molecule has 0 aliphatic carbocycles. The fraction of sp³-hybridized carbons (Fsp3) is 0.154. The van der Waals surface area contributed by atoms with Crippen molar-refractivity contribution in [3.8, 4) is 0 Å². The molecule has 2 aromatic rings. The van der Waals surface area contributed by atoms with Crippen LogP contribution in [0.2, 0.25) is 0 Å². The molecule has 0 fully saturated rings. The van der Waals surface area contributed by atoms with Gasteiger partial charge in [-0.3, -0.25) is 0 Å². The number of carbonyl (C=O) groups is 1. The Morgan fingerprint density at radius 2 is 2.05 bits per heavy atom. The number of carboxylic acid groups (broad SMARTS) is 1. The molecule has 0 saturated heterocycles. The predicted molar refractivity (Wildman–Crippen MR) is 70.0 cm³/mol. The van der Waals surface area contributed by atoms with E-state index in [-0.39, 0.29) is 5.69 Å². The second-order valence-corrected chi connectivity index (χ2v) is 4.83. The van der Waals surface area contributed by atoms with Gasteiger partial charge in [0.25, 0.3) is 0 Å². The minimum absolute atomic E-state index is 0.164. The highest BCUT2D eigenvalue weighted by Crippen LogP contribution is 2.32. The Morgan fingerprint density at radius 3 is 2.60 bits per heavy atom. The number of alkyl halides is 3. The number of rotatable bonds is 4. The molecule has 0 atom stereocenters. The van der Waals surface area contributed by atoms with Gasteiger partial charge < -0.3 is 10.4 Å². The second-order valence-electron chi connectivity index (χ2n) is 4.05. The van der Waals surface area contributed by atoms with Crippen LogP contribution in [0.5, 0.6) is 0 Å². The summed E-state index contributed by atoms with van der Waals surface area (Å²) in [6.45, 7) is 0.356. The Hall–Kier alpha value is -2.02. The zero-order valence-electron chi connectivity index (χ0n) is 10.1. The van der Waals surface area contributed by atoms with Gasteiger partial charge in [0.15, 0.2) is 0 Å². The van der Waals surface area contributed by atoms with Crippen LogP contribution in [0, 0.1) is 0 Å². The van der Waals surface area contributed by atoms with Gasteiger partial charge in [-0.15, -0.1) is 0 Å². The van der Waals surface area contributed by atoms with E-state index in [1.54, 1.807) is 0 Å². The van der Waals surface area contributed by atoms with Crippen LogP contribution in [-0.2, 0) is 12.7 Å². The lowest BCUT2D eigenvalue weighted by molar-refractivity contribution is -0.137. The number of nitrogens with one attached hydrogen (secondary N) is 1. The van der Waals surface area contributed by atoms with Gasteiger partial charge in [0.05, 0.1) is 11.1 Å². The lowest BCUT2D eigenvalue weighted by atomic mass is 10.1. The van der Waals surface area contributed by atoms with Crippen LogP contribution in [-0.4, -0.2) is 11.1 Å². The molecule has 2 rings (SSSR count). The first-order chi connectivity index (χ1) is 9.38. The van der Waals surface area contributed by atoms with Gasteiger partial charge in [0.1, 0.15) is 0 Å². The van der Waals surface area contributed by atoms with E-state index < -0.39 is 23.3 Å². The molecule has 0 amide bonds. The summed E-state index contributed by atoms with van der Waals surface area (Å²) in [7, 11) is 0. The van der Waals surface area contributed by atoms with Crippen LogP contribution in [0.4, 0.5) is 18.9 Å². The lowest BCUT2D eigenvalue weighted by Crippen LogP contribution is -2.10. The molecule has 1 aromatic carbocycles.